The molecule has 1 aromatic carbocycles. The van der Waals surface area contributed by atoms with Gasteiger partial charge >= 0.3 is 0 Å². The summed E-state index contributed by atoms with van der Waals surface area (Å²) in [6.45, 7) is 3.77. The minimum atomic E-state index is -0.0620. The SMILES string of the molecule is CC(Sc1ccccc1Cl)C(=O)N1CCCC1. The van der Waals surface area contributed by atoms with Gasteiger partial charge in [-0.2, -0.15) is 0 Å². The van der Waals surface area contributed by atoms with Crippen molar-refractivity contribution >= 4 is 29.3 Å². The lowest BCUT2D eigenvalue weighted by molar-refractivity contribution is -0.129. The fourth-order valence-corrected chi connectivity index (χ4v) is 3.21. The Hall–Kier alpha value is -0.670. The average molecular weight is 270 g/mol. The van der Waals surface area contributed by atoms with E-state index in [0.29, 0.717) is 0 Å². The number of carbonyl (C=O) groups is 1. The fraction of sp³-hybridized carbons (Fsp3) is 0.462. The van der Waals surface area contributed by atoms with Gasteiger partial charge in [-0.05, 0) is 31.9 Å². The van der Waals surface area contributed by atoms with Crippen LogP contribution in [-0.2, 0) is 4.79 Å². The van der Waals surface area contributed by atoms with Gasteiger partial charge < -0.3 is 4.90 Å². The van der Waals surface area contributed by atoms with Crippen molar-refractivity contribution in [3.05, 3.63) is 29.3 Å². The van der Waals surface area contributed by atoms with E-state index in [0.717, 1.165) is 35.8 Å². The second kappa shape index (κ2) is 5.78. The van der Waals surface area contributed by atoms with Crippen molar-refractivity contribution in [2.24, 2.45) is 0 Å². The third-order valence-corrected chi connectivity index (χ3v) is 4.51. The van der Waals surface area contributed by atoms with E-state index >= 15 is 0 Å². The van der Waals surface area contributed by atoms with Crippen LogP contribution in [0.4, 0.5) is 0 Å². The third kappa shape index (κ3) is 3.17. The molecule has 1 aliphatic rings. The number of carbonyl (C=O) groups excluding carboxylic acids is 1. The van der Waals surface area contributed by atoms with Gasteiger partial charge in [0.15, 0.2) is 0 Å². The van der Waals surface area contributed by atoms with E-state index in [1.165, 1.54) is 0 Å². The molecule has 4 heteroatoms. The first-order valence-corrected chi connectivity index (χ1v) is 7.14. The summed E-state index contributed by atoms with van der Waals surface area (Å²) < 4.78 is 0. The highest BCUT2D eigenvalue weighted by atomic mass is 35.5. The lowest BCUT2D eigenvalue weighted by Crippen LogP contribution is -2.33. The maximum Gasteiger partial charge on any atom is 0.235 e. The Kier molecular flexibility index (Phi) is 4.35. The van der Waals surface area contributed by atoms with Gasteiger partial charge in [-0.15, -0.1) is 11.8 Å². The maximum absolute atomic E-state index is 12.1. The van der Waals surface area contributed by atoms with Crippen LogP contribution >= 0.6 is 23.4 Å². The molecular weight excluding hydrogens is 254 g/mol. The largest absolute Gasteiger partial charge is 0.342 e. The second-order valence-electron chi connectivity index (χ2n) is 4.22. The lowest BCUT2D eigenvalue weighted by atomic mass is 10.4. The predicted octanol–water partition coefficient (Wildman–Crippen LogP) is 3.44. The topological polar surface area (TPSA) is 20.3 Å². The summed E-state index contributed by atoms with van der Waals surface area (Å²) in [5.74, 6) is 0.229. The quantitative estimate of drug-likeness (QED) is 0.784. The van der Waals surface area contributed by atoms with E-state index in [1.807, 2.05) is 36.1 Å². The van der Waals surface area contributed by atoms with Gasteiger partial charge in [0.05, 0.1) is 10.3 Å². The molecule has 1 fully saturated rings. The van der Waals surface area contributed by atoms with Crippen LogP contribution in [0.5, 0.6) is 0 Å². The molecule has 17 heavy (non-hydrogen) atoms. The lowest BCUT2D eigenvalue weighted by Gasteiger charge is -2.20. The monoisotopic (exact) mass is 269 g/mol. The van der Waals surface area contributed by atoms with E-state index < -0.39 is 0 Å². The van der Waals surface area contributed by atoms with Crippen molar-refractivity contribution in [2.45, 2.75) is 29.9 Å². The van der Waals surface area contributed by atoms with Crippen LogP contribution in [-0.4, -0.2) is 29.1 Å². The molecule has 1 saturated heterocycles. The maximum atomic E-state index is 12.1. The second-order valence-corrected chi connectivity index (χ2v) is 6.01. The summed E-state index contributed by atoms with van der Waals surface area (Å²) >= 11 is 7.63. The zero-order chi connectivity index (χ0) is 12.3. The Morgan fingerprint density at radius 1 is 1.35 bits per heavy atom. The number of hydrogen-bond donors (Lipinski definition) is 0. The Morgan fingerprint density at radius 2 is 2.00 bits per heavy atom. The van der Waals surface area contributed by atoms with Crippen molar-refractivity contribution in [1.29, 1.82) is 0 Å². The molecule has 0 radical (unpaired) electrons. The van der Waals surface area contributed by atoms with Gasteiger partial charge in [0, 0.05) is 18.0 Å². The molecule has 92 valence electrons. The highest BCUT2D eigenvalue weighted by molar-refractivity contribution is 8.00. The zero-order valence-electron chi connectivity index (χ0n) is 9.86. The number of benzene rings is 1. The standard InChI is InChI=1S/C13H16ClNOS/c1-10(13(16)15-8-4-5-9-15)17-12-7-3-2-6-11(12)14/h2-3,6-7,10H,4-5,8-9H2,1H3. The molecule has 0 aromatic heterocycles. The smallest absolute Gasteiger partial charge is 0.235 e. The number of halogens is 1. The van der Waals surface area contributed by atoms with Gasteiger partial charge in [-0.25, -0.2) is 0 Å². The minimum Gasteiger partial charge on any atom is -0.342 e. The Balaban J connectivity index is 1.99. The number of rotatable bonds is 3. The van der Waals surface area contributed by atoms with Gasteiger partial charge in [0.25, 0.3) is 0 Å². The van der Waals surface area contributed by atoms with Crippen LogP contribution in [0.25, 0.3) is 0 Å². The van der Waals surface area contributed by atoms with Gasteiger partial charge in [-0.1, -0.05) is 23.7 Å². The van der Waals surface area contributed by atoms with Crippen LogP contribution < -0.4 is 0 Å². The third-order valence-electron chi connectivity index (χ3n) is 2.91. The van der Waals surface area contributed by atoms with Crippen molar-refractivity contribution in [3.8, 4) is 0 Å². The summed E-state index contributed by atoms with van der Waals surface area (Å²) in [6, 6.07) is 7.66. The van der Waals surface area contributed by atoms with E-state index in [2.05, 4.69) is 0 Å². The molecule has 0 bridgehead atoms. The molecule has 2 nitrogen and oxygen atoms in total. The summed E-state index contributed by atoms with van der Waals surface area (Å²) in [4.78, 5) is 15.1. The Morgan fingerprint density at radius 3 is 2.65 bits per heavy atom. The molecule has 1 amide bonds. The molecule has 1 unspecified atom stereocenters. The molecular formula is C13H16ClNOS. The highest BCUT2D eigenvalue weighted by Crippen LogP contribution is 2.31. The van der Waals surface area contributed by atoms with Crippen LogP contribution in [0.3, 0.4) is 0 Å². The van der Waals surface area contributed by atoms with E-state index in [4.69, 9.17) is 11.6 Å². The van der Waals surface area contributed by atoms with Gasteiger partial charge in [0.2, 0.25) is 5.91 Å². The highest BCUT2D eigenvalue weighted by Gasteiger charge is 2.24. The normalized spacial score (nSPS) is 17.2. The molecule has 1 aliphatic heterocycles. The van der Waals surface area contributed by atoms with E-state index in [-0.39, 0.29) is 11.2 Å². The van der Waals surface area contributed by atoms with Gasteiger partial charge in [-0.3, -0.25) is 4.79 Å². The molecule has 0 spiro atoms. The Bertz CT molecular complexity index is 404. The number of amides is 1. The molecule has 0 N–H and O–H groups in total. The first-order chi connectivity index (χ1) is 8.18. The van der Waals surface area contributed by atoms with Crippen molar-refractivity contribution in [2.75, 3.05) is 13.1 Å². The van der Waals surface area contributed by atoms with Crippen molar-refractivity contribution in [3.63, 3.8) is 0 Å². The van der Waals surface area contributed by atoms with E-state index in [1.54, 1.807) is 11.8 Å². The number of likely N-dealkylation sites (tertiary alicyclic amines) is 1. The van der Waals surface area contributed by atoms with Crippen LogP contribution in [0.1, 0.15) is 19.8 Å². The number of hydrogen-bond acceptors (Lipinski definition) is 2. The number of thioether (sulfide) groups is 1. The summed E-state index contributed by atoms with van der Waals surface area (Å²) in [5.41, 5.74) is 0. The molecule has 1 heterocycles. The summed E-state index contributed by atoms with van der Waals surface area (Å²) in [5, 5.41) is 0.659. The molecule has 1 aromatic rings. The molecule has 0 saturated carbocycles. The van der Waals surface area contributed by atoms with Crippen molar-refractivity contribution < 1.29 is 4.79 Å². The average Bonchev–Trinajstić information content (AvgIpc) is 2.84. The first-order valence-electron chi connectivity index (χ1n) is 5.88. The van der Waals surface area contributed by atoms with Crippen molar-refractivity contribution in [1.82, 2.24) is 4.90 Å². The fourth-order valence-electron chi connectivity index (χ4n) is 1.98. The van der Waals surface area contributed by atoms with Crippen LogP contribution in [0, 0.1) is 0 Å². The van der Waals surface area contributed by atoms with E-state index in [9.17, 15) is 4.79 Å². The Labute approximate surface area is 111 Å². The van der Waals surface area contributed by atoms with Gasteiger partial charge in [0.1, 0.15) is 0 Å². The predicted molar refractivity (Wildman–Crippen MR) is 72.6 cm³/mol. The zero-order valence-corrected chi connectivity index (χ0v) is 11.4. The molecule has 1 atom stereocenters. The van der Waals surface area contributed by atoms with Crippen LogP contribution in [0.2, 0.25) is 5.02 Å². The number of nitrogens with zero attached hydrogens (tertiary/aromatic N) is 1. The summed E-state index contributed by atoms with van der Waals surface area (Å²) in [6.07, 6.45) is 2.27. The summed E-state index contributed by atoms with van der Waals surface area (Å²) in [7, 11) is 0. The first kappa shape index (κ1) is 12.8. The molecule has 2 rings (SSSR count). The molecule has 0 aliphatic carbocycles. The van der Waals surface area contributed by atoms with Crippen LogP contribution in [0.15, 0.2) is 29.2 Å². The minimum absolute atomic E-state index is 0.0620.